The first-order valence-corrected chi connectivity index (χ1v) is 9.57. The van der Waals surface area contributed by atoms with Gasteiger partial charge in [0.25, 0.3) is 0 Å². The second-order valence-corrected chi connectivity index (χ2v) is 7.40. The van der Waals surface area contributed by atoms with E-state index in [1.807, 2.05) is 13.2 Å². The SMILES string of the molecule is Cn1cc(-c2cnc(Nc3cc(F)cc(F)c3)nc2N[C@H]2CC[C@H](N)CC2)cn1. The monoisotopic (exact) mass is 399 g/mol. The molecule has 9 heteroatoms. The molecule has 152 valence electrons. The first kappa shape index (κ1) is 19.3. The Labute approximate surface area is 167 Å². The van der Waals surface area contributed by atoms with Gasteiger partial charge in [0.2, 0.25) is 5.95 Å². The molecule has 0 aliphatic heterocycles. The fourth-order valence-electron chi connectivity index (χ4n) is 3.54. The molecule has 2 aromatic heterocycles. The number of aromatic nitrogens is 4. The number of hydrogen-bond acceptors (Lipinski definition) is 6. The zero-order valence-electron chi connectivity index (χ0n) is 16.1. The lowest BCUT2D eigenvalue weighted by Gasteiger charge is -2.28. The van der Waals surface area contributed by atoms with Gasteiger partial charge in [0, 0.05) is 54.4 Å². The van der Waals surface area contributed by atoms with E-state index in [2.05, 4.69) is 25.7 Å². The van der Waals surface area contributed by atoms with Crippen LogP contribution in [0.1, 0.15) is 25.7 Å². The predicted octanol–water partition coefficient (Wildman–Crippen LogP) is 3.58. The summed E-state index contributed by atoms with van der Waals surface area (Å²) in [6.07, 6.45) is 9.13. The minimum Gasteiger partial charge on any atom is -0.367 e. The Bertz CT molecular complexity index is 976. The number of anilines is 3. The van der Waals surface area contributed by atoms with Crippen LogP contribution in [0.2, 0.25) is 0 Å². The van der Waals surface area contributed by atoms with E-state index in [0.717, 1.165) is 42.9 Å². The second kappa shape index (κ2) is 8.12. The summed E-state index contributed by atoms with van der Waals surface area (Å²) in [5.74, 6) is -0.446. The molecular weight excluding hydrogens is 376 g/mol. The molecule has 0 radical (unpaired) electrons. The molecule has 0 amide bonds. The van der Waals surface area contributed by atoms with E-state index >= 15 is 0 Å². The highest BCUT2D eigenvalue weighted by molar-refractivity contribution is 5.75. The number of nitrogens with two attached hydrogens (primary N) is 1. The van der Waals surface area contributed by atoms with Gasteiger partial charge in [-0.15, -0.1) is 0 Å². The fraction of sp³-hybridized carbons (Fsp3) is 0.350. The van der Waals surface area contributed by atoms with Gasteiger partial charge >= 0.3 is 0 Å². The lowest BCUT2D eigenvalue weighted by atomic mass is 9.91. The summed E-state index contributed by atoms with van der Waals surface area (Å²) in [6.45, 7) is 0. The Morgan fingerprint density at radius 2 is 1.79 bits per heavy atom. The van der Waals surface area contributed by atoms with E-state index in [-0.39, 0.29) is 23.7 Å². The smallest absolute Gasteiger partial charge is 0.229 e. The molecular formula is C20H23F2N7. The topological polar surface area (TPSA) is 93.7 Å². The second-order valence-electron chi connectivity index (χ2n) is 7.40. The summed E-state index contributed by atoms with van der Waals surface area (Å²) < 4.78 is 28.7. The minimum absolute atomic E-state index is 0.242. The lowest BCUT2D eigenvalue weighted by molar-refractivity contribution is 0.410. The molecule has 1 fully saturated rings. The van der Waals surface area contributed by atoms with Gasteiger partial charge in [-0.05, 0) is 37.8 Å². The van der Waals surface area contributed by atoms with Crippen LogP contribution < -0.4 is 16.4 Å². The summed E-state index contributed by atoms with van der Waals surface area (Å²) in [5.41, 5.74) is 7.94. The maximum atomic E-state index is 13.5. The van der Waals surface area contributed by atoms with Crippen LogP contribution in [0.15, 0.2) is 36.8 Å². The molecule has 0 spiro atoms. The van der Waals surface area contributed by atoms with Gasteiger partial charge in [-0.25, -0.2) is 13.8 Å². The molecule has 0 bridgehead atoms. The summed E-state index contributed by atoms with van der Waals surface area (Å²) in [5, 5.41) is 10.6. The normalized spacial score (nSPS) is 19.2. The van der Waals surface area contributed by atoms with Crippen molar-refractivity contribution in [2.75, 3.05) is 10.6 Å². The van der Waals surface area contributed by atoms with Crippen molar-refractivity contribution in [3.63, 3.8) is 0 Å². The molecule has 1 aromatic carbocycles. The highest BCUT2D eigenvalue weighted by Gasteiger charge is 2.21. The van der Waals surface area contributed by atoms with Gasteiger partial charge < -0.3 is 16.4 Å². The average Bonchev–Trinajstić information content (AvgIpc) is 3.09. The standard InChI is InChI=1S/C20H23F2N7/c1-29-11-12(9-25-29)18-10-24-20(27-17-7-13(21)6-14(22)8-17)28-19(18)26-16-4-2-15(23)3-5-16/h6-11,15-16H,2-5,23H2,1H3,(H2,24,26,27,28)/t15-,16-. The largest absolute Gasteiger partial charge is 0.367 e. The van der Waals surface area contributed by atoms with Crippen molar-refractivity contribution in [1.29, 1.82) is 0 Å². The van der Waals surface area contributed by atoms with Crippen molar-refractivity contribution >= 4 is 17.5 Å². The molecule has 29 heavy (non-hydrogen) atoms. The highest BCUT2D eigenvalue weighted by atomic mass is 19.1. The van der Waals surface area contributed by atoms with Crippen LogP contribution in [0.4, 0.5) is 26.2 Å². The van der Waals surface area contributed by atoms with Crippen LogP contribution in [0.5, 0.6) is 0 Å². The summed E-state index contributed by atoms with van der Waals surface area (Å²) in [4.78, 5) is 8.90. The van der Waals surface area contributed by atoms with Crippen molar-refractivity contribution in [2.45, 2.75) is 37.8 Å². The molecule has 4 rings (SSSR count). The lowest BCUT2D eigenvalue weighted by Crippen LogP contribution is -2.33. The third kappa shape index (κ3) is 4.68. The number of hydrogen-bond donors (Lipinski definition) is 3. The summed E-state index contributed by atoms with van der Waals surface area (Å²) in [6, 6.07) is 3.70. The maximum Gasteiger partial charge on any atom is 0.229 e. The van der Waals surface area contributed by atoms with Gasteiger partial charge in [0.05, 0.1) is 6.20 Å². The molecule has 2 heterocycles. The number of nitrogens with one attached hydrogen (secondary N) is 2. The van der Waals surface area contributed by atoms with E-state index in [4.69, 9.17) is 5.73 Å². The zero-order valence-corrected chi connectivity index (χ0v) is 16.1. The van der Waals surface area contributed by atoms with Crippen molar-refractivity contribution in [3.05, 3.63) is 48.4 Å². The summed E-state index contributed by atoms with van der Waals surface area (Å²) in [7, 11) is 1.84. The third-order valence-corrected chi connectivity index (χ3v) is 5.04. The van der Waals surface area contributed by atoms with Crippen LogP contribution in [0, 0.1) is 11.6 Å². The quantitative estimate of drug-likeness (QED) is 0.607. The van der Waals surface area contributed by atoms with Gasteiger partial charge in [0.15, 0.2) is 0 Å². The highest BCUT2D eigenvalue weighted by Crippen LogP contribution is 2.30. The number of benzene rings is 1. The molecule has 0 saturated heterocycles. The fourth-order valence-corrected chi connectivity index (χ4v) is 3.54. The van der Waals surface area contributed by atoms with Crippen molar-refractivity contribution in [2.24, 2.45) is 12.8 Å². The van der Waals surface area contributed by atoms with E-state index in [1.54, 1.807) is 17.1 Å². The van der Waals surface area contributed by atoms with Gasteiger partial charge in [0.1, 0.15) is 17.5 Å². The molecule has 7 nitrogen and oxygen atoms in total. The molecule has 0 unspecified atom stereocenters. The first-order chi connectivity index (χ1) is 14.0. The predicted molar refractivity (Wildman–Crippen MR) is 108 cm³/mol. The van der Waals surface area contributed by atoms with Gasteiger partial charge in [-0.2, -0.15) is 10.1 Å². The van der Waals surface area contributed by atoms with E-state index in [9.17, 15) is 8.78 Å². The van der Waals surface area contributed by atoms with E-state index in [1.165, 1.54) is 12.1 Å². The summed E-state index contributed by atoms with van der Waals surface area (Å²) >= 11 is 0. The van der Waals surface area contributed by atoms with Gasteiger partial charge in [-0.3, -0.25) is 4.68 Å². The number of nitrogens with zero attached hydrogens (tertiary/aromatic N) is 4. The Hall–Kier alpha value is -3.07. The Morgan fingerprint density at radius 3 is 2.45 bits per heavy atom. The number of aryl methyl sites for hydroxylation is 1. The molecule has 1 aliphatic rings. The molecule has 0 atom stereocenters. The zero-order chi connectivity index (χ0) is 20.4. The minimum atomic E-state index is -0.670. The van der Waals surface area contributed by atoms with Crippen LogP contribution >= 0.6 is 0 Å². The molecule has 1 aliphatic carbocycles. The van der Waals surface area contributed by atoms with E-state index in [0.29, 0.717) is 5.82 Å². The van der Waals surface area contributed by atoms with E-state index < -0.39 is 11.6 Å². The number of halogens is 2. The van der Waals surface area contributed by atoms with Crippen LogP contribution in [0.25, 0.3) is 11.1 Å². The third-order valence-electron chi connectivity index (χ3n) is 5.04. The molecule has 1 saturated carbocycles. The maximum absolute atomic E-state index is 13.5. The van der Waals surface area contributed by atoms with Crippen molar-refractivity contribution < 1.29 is 8.78 Å². The Balaban J connectivity index is 1.63. The Kier molecular flexibility index (Phi) is 5.39. The first-order valence-electron chi connectivity index (χ1n) is 9.57. The van der Waals surface area contributed by atoms with Crippen LogP contribution in [0.3, 0.4) is 0 Å². The van der Waals surface area contributed by atoms with Gasteiger partial charge in [-0.1, -0.05) is 0 Å². The van der Waals surface area contributed by atoms with Crippen molar-refractivity contribution in [3.8, 4) is 11.1 Å². The Morgan fingerprint density at radius 1 is 1.07 bits per heavy atom. The van der Waals surface area contributed by atoms with Crippen LogP contribution in [-0.4, -0.2) is 31.8 Å². The van der Waals surface area contributed by atoms with Crippen molar-refractivity contribution in [1.82, 2.24) is 19.7 Å². The molecule has 4 N–H and O–H groups in total. The molecule has 3 aromatic rings. The van der Waals surface area contributed by atoms with Crippen LogP contribution in [-0.2, 0) is 7.05 Å². The number of rotatable bonds is 5. The average molecular weight is 399 g/mol.